The van der Waals surface area contributed by atoms with Crippen molar-refractivity contribution in [3.05, 3.63) is 47.9 Å². The van der Waals surface area contributed by atoms with Crippen LogP contribution in [0.5, 0.6) is 0 Å². The molecule has 0 unspecified atom stereocenters. The highest BCUT2D eigenvalue weighted by atomic mass is 16.4. The van der Waals surface area contributed by atoms with Gasteiger partial charge in [-0.15, -0.1) is 0 Å². The number of anilines is 2. The van der Waals surface area contributed by atoms with Crippen LogP contribution >= 0.6 is 0 Å². The van der Waals surface area contributed by atoms with Crippen molar-refractivity contribution in [1.82, 2.24) is 5.32 Å². The van der Waals surface area contributed by atoms with Crippen molar-refractivity contribution in [2.45, 2.75) is 32.9 Å². The van der Waals surface area contributed by atoms with E-state index in [0.29, 0.717) is 5.76 Å². The number of carbonyl (C=O) groups is 2. The van der Waals surface area contributed by atoms with Gasteiger partial charge in [-0.2, -0.15) is 0 Å². The van der Waals surface area contributed by atoms with Crippen molar-refractivity contribution in [3.8, 4) is 0 Å². The molecule has 0 spiro atoms. The highest BCUT2D eigenvalue weighted by molar-refractivity contribution is 6.06. The van der Waals surface area contributed by atoms with E-state index in [1.54, 1.807) is 17.0 Å². The number of carbonyl (C=O) groups excluding carboxylic acids is 2. The molecule has 1 aliphatic rings. The predicted molar refractivity (Wildman–Crippen MR) is 96.8 cm³/mol. The Labute approximate surface area is 147 Å². The molecule has 2 heterocycles. The molecule has 0 bridgehead atoms. The van der Waals surface area contributed by atoms with E-state index in [9.17, 15) is 9.59 Å². The van der Waals surface area contributed by atoms with Crippen molar-refractivity contribution in [3.63, 3.8) is 0 Å². The number of hydrogen-bond donors (Lipinski definition) is 1. The largest absolute Gasteiger partial charge is 0.454 e. The molecule has 0 fully saturated rings. The number of benzene rings is 1. The van der Waals surface area contributed by atoms with E-state index in [1.807, 2.05) is 31.3 Å². The Balaban J connectivity index is 1.90. The van der Waals surface area contributed by atoms with Crippen LogP contribution in [0.4, 0.5) is 11.4 Å². The van der Waals surface area contributed by atoms with E-state index in [4.69, 9.17) is 4.42 Å². The number of nitrogens with zero attached hydrogens (tertiary/aromatic N) is 2. The highest BCUT2D eigenvalue weighted by Gasteiger charge is 2.30. The van der Waals surface area contributed by atoms with Gasteiger partial charge in [0.15, 0.2) is 5.76 Å². The maximum absolute atomic E-state index is 13.1. The summed E-state index contributed by atoms with van der Waals surface area (Å²) in [5.41, 5.74) is 1.92. The van der Waals surface area contributed by atoms with Gasteiger partial charge in [0.1, 0.15) is 5.76 Å². The van der Waals surface area contributed by atoms with Crippen LogP contribution in [-0.4, -0.2) is 31.4 Å². The molecule has 1 aromatic heterocycles. The Kier molecular flexibility index (Phi) is 4.79. The van der Waals surface area contributed by atoms with Gasteiger partial charge in [-0.05, 0) is 37.6 Å². The highest BCUT2D eigenvalue weighted by Crippen LogP contribution is 2.34. The van der Waals surface area contributed by atoms with Crippen LogP contribution in [0.2, 0.25) is 0 Å². The standard InChI is InChI=1S/C19H23N3O3/c1-13-10-11-21(3)16-6-4-5-7-17(16)22(13)19(24)18-9-8-15(25-18)12-20-14(2)23/h4-9,13H,10-12H2,1-3H3,(H,20,23)/t13-/m1/s1. The third kappa shape index (κ3) is 3.52. The summed E-state index contributed by atoms with van der Waals surface area (Å²) < 4.78 is 5.66. The summed E-state index contributed by atoms with van der Waals surface area (Å²) in [6.45, 7) is 4.65. The van der Waals surface area contributed by atoms with Crippen LogP contribution in [0.15, 0.2) is 40.8 Å². The first-order valence-electron chi connectivity index (χ1n) is 8.44. The molecule has 132 valence electrons. The molecule has 25 heavy (non-hydrogen) atoms. The molecule has 1 aliphatic heterocycles. The first-order chi connectivity index (χ1) is 12.0. The van der Waals surface area contributed by atoms with Gasteiger partial charge in [0.05, 0.1) is 17.9 Å². The second kappa shape index (κ2) is 7.01. The minimum absolute atomic E-state index is 0.0579. The van der Waals surface area contributed by atoms with Crippen molar-refractivity contribution < 1.29 is 14.0 Å². The van der Waals surface area contributed by atoms with Crippen molar-refractivity contribution in [2.75, 3.05) is 23.4 Å². The minimum Gasteiger partial charge on any atom is -0.454 e. The van der Waals surface area contributed by atoms with Gasteiger partial charge in [-0.1, -0.05) is 12.1 Å². The Morgan fingerprint density at radius 2 is 1.92 bits per heavy atom. The second-order valence-electron chi connectivity index (χ2n) is 6.40. The van der Waals surface area contributed by atoms with Crippen LogP contribution in [0.1, 0.15) is 36.6 Å². The number of rotatable bonds is 3. The van der Waals surface area contributed by atoms with Gasteiger partial charge in [-0.25, -0.2) is 0 Å². The molecule has 0 saturated carbocycles. The summed E-state index contributed by atoms with van der Waals surface area (Å²) >= 11 is 0. The Morgan fingerprint density at radius 1 is 1.20 bits per heavy atom. The Morgan fingerprint density at radius 3 is 2.64 bits per heavy atom. The van der Waals surface area contributed by atoms with E-state index in [2.05, 4.69) is 17.1 Å². The SMILES string of the molecule is CC(=O)NCc1ccc(C(=O)N2c3ccccc3N(C)CC[C@H]2C)o1. The number of fused-ring (bicyclic) bond motifs is 1. The van der Waals surface area contributed by atoms with Crippen molar-refractivity contribution >= 4 is 23.2 Å². The lowest BCUT2D eigenvalue weighted by molar-refractivity contribution is -0.119. The number of furan rings is 1. The van der Waals surface area contributed by atoms with E-state index >= 15 is 0 Å². The number of hydrogen-bond acceptors (Lipinski definition) is 4. The fourth-order valence-corrected chi connectivity index (χ4v) is 3.09. The molecule has 1 N–H and O–H groups in total. The zero-order valence-electron chi connectivity index (χ0n) is 14.8. The third-order valence-corrected chi connectivity index (χ3v) is 4.48. The van der Waals surface area contributed by atoms with Crippen LogP contribution in [0.25, 0.3) is 0 Å². The van der Waals surface area contributed by atoms with E-state index in [0.717, 1.165) is 24.3 Å². The first kappa shape index (κ1) is 17.1. The average Bonchev–Trinajstić information content (AvgIpc) is 3.03. The summed E-state index contributed by atoms with van der Waals surface area (Å²) in [6, 6.07) is 11.4. The van der Waals surface area contributed by atoms with Crippen LogP contribution in [0.3, 0.4) is 0 Å². The van der Waals surface area contributed by atoms with E-state index in [1.165, 1.54) is 6.92 Å². The monoisotopic (exact) mass is 341 g/mol. The van der Waals surface area contributed by atoms with Crippen LogP contribution in [-0.2, 0) is 11.3 Å². The van der Waals surface area contributed by atoms with Gasteiger partial charge >= 0.3 is 0 Å². The fraction of sp³-hybridized carbons (Fsp3) is 0.368. The van der Waals surface area contributed by atoms with Crippen LogP contribution in [0, 0.1) is 0 Å². The number of nitrogens with one attached hydrogen (secondary N) is 1. The molecular weight excluding hydrogens is 318 g/mol. The normalized spacial score (nSPS) is 17.0. The minimum atomic E-state index is -0.163. The maximum atomic E-state index is 13.1. The van der Waals surface area contributed by atoms with Crippen LogP contribution < -0.4 is 15.1 Å². The molecule has 6 nitrogen and oxygen atoms in total. The zero-order chi connectivity index (χ0) is 18.0. The molecule has 0 aliphatic carbocycles. The van der Waals surface area contributed by atoms with E-state index in [-0.39, 0.29) is 30.2 Å². The quantitative estimate of drug-likeness (QED) is 0.932. The molecule has 6 heteroatoms. The van der Waals surface area contributed by atoms with Gasteiger partial charge in [-0.3, -0.25) is 9.59 Å². The second-order valence-corrected chi connectivity index (χ2v) is 6.40. The average molecular weight is 341 g/mol. The molecule has 1 aromatic carbocycles. The van der Waals surface area contributed by atoms with Gasteiger partial charge in [0.25, 0.3) is 5.91 Å². The fourth-order valence-electron chi connectivity index (χ4n) is 3.09. The Hall–Kier alpha value is -2.76. The number of amides is 2. The molecule has 0 radical (unpaired) electrons. The Bertz CT molecular complexity index is 784. The molecular formula is C19H23N3O3. The topological polar surface area (TPSA) is 65.8 Å². The first-order valence-corrected chi connectivity index (χ1v) is 8.44. The zero-order valence-corrected chi connectivity index (χ0v) is 14.8. The lowest BCUT2D eigenvalue weighted by atomic mass is 10.1. The lowest BCUT2D eigenvalue weighted by Gasteiger charge is -2.27. The molecule has 2 amide bonds. The number of para-hydroxylation sites is 2. The summed E-state index contributed by atoms with van der Waals surface area (Å²) in [5, 5.41) is 2.67. The van der Waals surface area contributed by atoms with Gasteiger partial charge in [0.2, 0.25) is 5.91 Å². The summed E-state index contributed by atoms with van der Waals surface area (Å²) in [6.07, 6.45) is 0.871. The smallest absolute Gasteiger partial charge is 0.294 e. The van der Waals surface area contributed by atoms with Gasteiger partial charge in [0, 0.05) is 26.6 Å². The van der Waals surface area contributed by atoms with Crippen molar-refractivity contribution in [1.29, 1.82) is 0 Å². The molecule has 0 saturated heterocycles. The molecule has 2 aromatic rings. The summed E-state index contributed by atoms with van der Waals surface area (Å²) in [4.78, 5) is 28.1. The maximum Gasteiger partial charge on any atom is 0.294 e. The van der Waals surface area contributed by atoms with E-state index < -0.39 is 0 Å². The lowest BCUT2D eigenvalue weighted by Crippen LogP contribution is -2.38. The third-order valence-electron chi connectivity index (χ3n) is 4.48. The molecule has 1 atom stereocenters. The predicted octanol–water partition coefficient (Wildman–Crippen LogP) is 2.79. The summed E-state index contributed by atoms with van der Waals surface area (Å²) in [5.74, 6) is 0.546. The van der Waals surface area contributed by atoms with Crippen molar-refractivity contribution in [2.24, 2.45) is 0 Å². The summed E-state index contributed by atoms with van der Waals surface area (Å²) in [7, 11) is 2.04. The molecule has 3 rings (SSSR count). The van der Waals surface area contributed by atoms with Gasteiger partial charge < -0.3 is 19.5 Å².